The number of amides is 1. The van der Waals surface area contributed by atoms with Gasteiger partial charge in [-0.3, -0.25) is 9.78 Å². The molecule has 3 aromatic rings. The van der Waals surface area contributed by atoms with E-state index in [4.69, 9.17) is 0 Å². The van der Waals surface area contributed by atoms with Gasteiger partial charge in [-0.2, -0.15) is 11.3 Å². The number of aromatic nitrogens is 1. The van der Waals surface area contributed by atoms with Crippen LogP contribution < -0.4 is 5.32 Å². The lowest BCUT2D eigenvalue weighted by atomic mass is 10.2. The van der Waals surface area contributed by atoms with Crippen LogP contribution in [-0.2, 0) is 5.75 Å². The molecule has 0 atom stereocenters. The molecule has 0 saturated heterocycles. The number of hydrogen-bond donors (Lipinski definition) is 1. The number of nitrogens with zero attached hydrogens (tertiary/aromatic N) is 1. The molecule has 5 heteroatoms. The summed E-state index contributed by atoms with van der Waals surface area (Å²) in [6.07, 6.45) is 3.57. The van der Waals surface area contributed by atoms with Gasteiger partial charge in [0, 0.05) is 39.5 Å². The largest absolute Gasteiger partial charge is 0.322 e. The van der Waals surface area contributed by atoms with Gasteiger partial charge in [0.05, 0.1) is 5.56 Å². The van der Waals surface area contributed by atoms with Crippen molar-refractivity contribution in [1.29, 1.82) is 0 Å². The predicted molar refractivity (Wildman–Crippen MR) is 97.2 cm³/mol. The fourth-order valence-corrected chi connectivity index (χ4v) is 4.15. The lowest BCUT2D eigenvalue weighted by Crippen LogP contribution is -2.11. The maximum absolute atomic E-state index is 12.5. The third-order valence-electron chi connectivity index (χ3n) is 3.29. The number of pyridine rings is 1. The summed E-state index contributed by atoms with van der Waals surface area (Å²) in [5.74, 6) is 0.762. The van der Waals surface area contributed by atoms with Crippen LogP contribution in [0.25, 0.3) is 0 Å². The molecule has 0 bridgehead atoms. The van der Waals surface area contributed by atoms with Crippen LogP contribution in [0.3, 0.4) is 0 Å². The summed E-state index contributed by atoms with van der Waals surface area (Å²) in [6, 6.07) is 11.8. The summed E-state index contributed by atoms with van der Waals surface area (Å²) in [5.41, 5.74) is 3.88. The molecule has 0 spiro atoms. The number of thioether (sulfide) groups is 1. The van der Waals surface area contributed by atoms with Crippen molar-refractivity contribution >= 4 is 34.7 Å². The standard InChI is InChI=1S/C18H16N2OS2/c1-13-3-2-4-15(9-13)20-18(21)16-11-22-12-17(16)23-10-14-5-7-19-8-6-14/h2-9,11-12H,10H2,1H3,(H,20,21). The highest BCUT2D eigenvalue weighted by atomic mass is 32.2. The third kappa shape index (κ3) is 4.21. The van der Waals surface area contributed by atoms with Crippen molar-refractivity contribution in [2.75, 3.05) is 5.32 Å². The second-order valence-corrected chi connectivity index (χ2v) is 6.88. The maximum Gasteiger partial charge on any atom is 0.257 e. The molecule has 3 nitrogen and oxygen atoms in total. The Kier molecular flexibility index (Phi) is 5.10. The molecule has 3 rings (SSSR count). The van der Waals surface area contributed by atoms with Crippen molar-refractivity contribution in [3.05, 3.63) is 76.2 Å². The summed E-state index contributed by atoms with van der Waals surface area (Å²) in [7, 11) is 0. The fourth-order valence-electron chi connectivity index (χ4n) is 2.12. The minimum Gasteiger partial charge on any atom is -0.322 e. The molecule has 0 aliphatic heterocycles. The topological polar surface area (TPSA) is 42.0 Å². The molecular weight excluding hydrogens is 324 g/mol. The highest BCUT2D eigenvalue weighted by Gasteiger charge is 2.13. The molecule has 0 fully saturated rings. The Morgan fingerprint density at radius 3 is 2.83 bits per heavy atom. The lowest BCUT2D eigenvalue weighted by Gasteiger charge is -2.07. The van der Waals surface area contributed by atoms with Crippen molar-refractivity contribution < 1.29 is 4.79 Å². The molecule has 0 aliphatic carbocycles. The summed E-state index contributed by atoms with van der Waals surface area (Å²) < 4.78 is 0. The van der Waals surface area contributed by atoms with Crippen molar-refractivity contribution in [3.63, 3.8) is 0 Å². The number of thiophene rings is 1. The molecule has 0 unspecified atom stereocenters. The number of benzene rings is 1. The molecule has 0 saturated carbocycles. The van der Waals surface area contributed by atoms with E-state index >= 15 is 0 Å². The van der Waals surface area contributed by atoms with Gasteiger partial charge in [0.1, 0.15) is 0 Å². The zero-order valence-electron chi connectivity index (χ0n) is 12.7. The second-order valence-electron chi connectivity index (χ2n) is 5.12. The van der Waals surface area contributed by atoms with Crippen LogP contribution in [-0.4, -0.2) is 10.9 Å². The predicted octanol–water partition coefficient (Wildman–Crippen LogP) is 5.00. The molecule has 0 radical (unpaired) electrons. The van der Waals surface area contributed by atoms with E-state index in [2.05, 4.69) is 10.3 Å². The van der Waals surface area contributed by atoms with Crippen molar-refractivity contribution in [3.8, 4) is 0 Å². The lowest BCUT2D eigenvalue weighted by molar-refractivity contribution is 0.102. The Bertz CT molecular complexity index is 800. The van der Waals surface area contributed by atoms with E-state index in [1.54, 1.807) is 35.5 Å². The third-order valence-corrected chi connectivity index (χ3v) is 5.31. The van der Waals surface area contributed by atoms with Gasteiger partial charge in [-0.15, -0.1) is 11.8 Å². The first kappa shape index (κ1) is 15.8. The van der Waals surface area contributed by atoms with E-state index in [9.17, 15) is 4.79 Å². The monoisotopic (exact) mass is 340 g/mol. The Labute approximate surface area is 143 Å². The first-order valence-corrected chi connectivity index (χ1v) is 9.11. The number of anilines is 1. The number of aryl methyl sites for hydroxylation is 1. The first-order chi connectivity index (χ1) is 11.2. The van der Waals surface area contributed by atoms with E-state index < -0.39 is 0 Å². The quantitative estimate of drug-likeness (QED) is 0.665. The summed E-state index contributed by atoms with van der Waals surface area (Å²) in [5, 5.41) is 6.90. The van der Waals surface area contributed by atoms with Gasteiger partial charge in [0.25, 0.3) is 5.91 Å². The van der Waals surface area contributed by atoms with Gasteiger partial charge in [-0.1, -0.05) is 12.1 Å². The molecule has 23 heavy (non-hydrogen) atoms. The fraction of sp³-hybridized carbons (Fsp3) is 0.111. The van der Waals surface area contributed by atoms with Crippen LogP contribution in [0.2, 0.25) is 0 Å². The Morgan fingerprint density at radius 2 is 2.04 bits per heavy atom. The van der Waals surface area contributed by atoms with Crippen molar-refractivity contribution in [1.82, 2.24) is 4.98 Å². The van der Waals surface area contributed by atoms with Crippen LogP contribution in [0.1, 0.15) is 21.5 Å². The number of carbonyl (C=O) groups is 1. The molecule has 0 aliphatic rings. The van der Waals surface area contributed by atoms with Crippen molar-refractivity contribution in [2.45, 2.75) is 17.6 Å². The smallest absolute Gasteiger partial charge is 0.257 e. The first-order valence-electron chi connectivity index (χ1n) is 7.18. The maximum atomic E-state index is 12.5. The summed E-state index contributed by atoms with van der Waals surface area (Å²) >= 11 is 3.22. The molecule has 1 aromatic carbocycles. The van der Waals surface area contributed by atoms with E-state index in [1.807, 2.05) is 54.1 Å². The molecule has 1 N–H and O–H groups in total. The number of nitrogens with one attached hydrogen (secondary N) is 1. The van der Waals surface area contributed by atoms with Crippen LogP contribution in [0.5, 0.6) is 0 Å². The van der Waals surface area contributed by atoms with E-state index in [0.717, 1.165) is 27.5 Å². The van der Waals surface area contributed by atoms with Gasteiger partial charge < -0.3 is 5.32 Å². The summed E-state index contributed by atoms with van der Waals surface area (Å²) in [4.78, 5) is 17.5. The number of carbonyl (C=O) groups excluding carboxylic acids is 1. The summed E-state index contributed by atoms with van der Waals surface area (Å²) in [6.45, 7) is 2.01. The zero-order valence-corrected chi connectivity index (χ0v) is 14.3. The molecule has 2 heterocycles. The Morgan fingerprint density at radius 1 is 1.22 bits per heavy atom. The van der Waals surface area contributed by atoms with Gasteiger partial charge in [-0.25, -0.2) is 0 Å². The average molecular weight is 340 g/mol. The van der Waals surface area contributed by atoms with Gasteiger partial charge in [0.2, 0.25) is 0 Å². The molecule has 2 aromatic heterocycles. The molecular formula is C18H16N2OS2. The van der Waals surface area contributed by atoms with E-state index in [-0.39, 0.29) is 5.91 Å². The number of hydrogen-bond acceptors (Lipinski definition) is 4. The zero-order chi connectivity index (χ0) is 16.1. The van der Waals surface area contributed by atoms with Crippen LogP contribution in [0, 0.1) is 6.92 Å². The molecule has 1 amide bonds. The highest BCUT2D eigenvalue weighted by Crippen LogP contribution is 2.30. The van der Waals surface area contributed by atoms with Crippen LogP contribution in [0.4, 0.5) is 5.69 Å². The van der Waals surface area contributed by atoms with Gasteiger partial charge in [-0.05, 0) is 42.3 Å². The van der Waals surface area contributed by atoms with E-state index in [1.165, 1.54) is 5.56 Å². The minimum atomic E-state index is -0.0610. The van der Waals surface area contributed by atoms with E-state index in [0.29, 0.717) is 0 Å². The second kappa shape index (κ2) is 7.44. The van der Waals surface area contributed by atoms with Crippen LogP contribution in [0.15, 0.2) is 64.4 Å². The number of rotatable bonds is 5. The highest BCUT2D eigenvalue weighted by molar-refractivity contribution is 7.98. The van der Waals surface area contributed by atoms with Gasteiger partial charge >= 0.3 is 0 Å². The van der Waals surface area contributed by atoms with Crippen LogP contribution >= 0.6 is 23.1 Å². The Balaban J connectivity index is 1.69. The molecule has 116 valence electrons. The SMILES string of the molecule is Cc1cccc(NC(=O)c2cscc2SCc2ccncc2)c1. The minimum absolute atomic E-state index is 0.0610. The van der Waals surface area contributed by atoms with Crippen molar-refractivity contribution in [2.24, 2.45) is 0 Å². The van der Waals surface area contributed by atoms with Gasteiger partial charge in [0.15, 0.2) is 0 Å². The normalized spacial score (nSPS) is 10.5. The Hall–Kier alpha value is -2.11. The average Bonchev–Trinajstić information content (AvgIpc) is 3.02.